The monoisotopic (exact) mass is 1240 g/mol. The van der Waals surface area contributed by atoms with Gasteiger partial charge in [0.25, 0.3) is 0 Å². The molecule has 0 spiro atoms. The fourth-order valence-electron chi connectivity index (χ4n) is 10.7. The minimum absolute atomic E-state index is 0.236. The molecule has 34 heteroatoms. The van der Waals surface area contributed by atoms with Crippen LogP contribution in [0.25, 0.3) is 66.1 Å². The zero-order chi connectivity index (χ0) is 64.3. The van der Waals surface area contributed by atoms with Crippen molar-refractivity contribution in [1.29, 1.82) is 0 Å². The van der Waals surface area contributed by atoms with Gasteiger partial charge in [-0.1, -0.05) is 0 Å². The predicted octanol–water partition coefficient (Wildman–Crippen LogP) is 2.94. The number of benzene rings is 7. The number of esters is 5. The Morgan fingerprint density at radius 3 is 1.08 bits per heavy atom. The molecule has 5 heterocycles. The molecule has 89 heavy (non-hydrogen) atoms. The molecule has 3 aliphatic heterocycles. The van der Waals surface area contributed by atoms with Gasteiger partial charge in [-0.25, -0.2) is 33.6 Å². The number of hydrogen-bond donors (Lipinski definition) is 19. The van der Waals surface area contributed by atoms with E-state index in [0.29, 0.717) is 30.3 Å². The molecule has 0 radical (unpaired) electrons. The second-order valence-corrected chi connectivity index (χ2v) is 19.7. The Labute approximate surface area is 484 Å². The average molecular weight is 1240 g/mol. The molecule has 0 saturated carbocycles. The van der Waals surface area contributed by atoms with E-state index in [9.17, 15) is 126 Å². The number of rotatable bonds is 2. The highest BCUT2D eigenvalue weighted by Gasteiger charge is 2.56. The van der Waals surface area contributed by atoms with E-state index in [1.807, 2.05) is 0 Å². The summed E-state index contributed by atoms with van der Waals surface area (Å²) in [5, 5.41) is 206. The third-order valence-corrected chi connectivity index (χ3v) is 14.7. The summed E-state index contributed by atoms with van der Waals surface area (Å²) in [6.45, 7) is -1.63. The summed E-state index contributed by atoms with van der Waals surface area (Å²) in [5.74, 6) is -38.1. The molecule has 5 atom stereocenters. The molecule has 0 unspecified atom stereocenters. The summed E-state index contributed by atoms with van der Waals surface area (Å²) in [5.41, 5.74) is -19.9. The summed E-state index contributed by atoms with van der Waals surface area (Å²) < 4.78 is 45.1. The number of carbonyl (C=O) groups is 5. The van der Waals surface area contributed by atoms with Crippen LogP contribution in [0.3, 0.4) is 0 Å². The molecule has 1 saturated heterocycles. The Kier molecular flexibility index (Phi) is 12.2. The van der Waals surface area contributed by atoms with Crippen LogP contribution in [0.15, 0.2) is 54.8 Å². The number of phenolic OH excluding ortho intramolecular Hbond substituents is 19. The van der Waals surface area contributed by atoms with Crippen molar-refractivity contribution in [2.75, 3.05) is 6.61 Å². The molecule has 3 aliphatic rings. The first-order chi connectivity index (χ1) is 41.9. The highest BCUT2D eigenvalue weighted by molar-refractivity contribution is 6.29. The zero-order valence-corrected chi connectivity index (χ0v) is 43.2. The van der Waals surface area contributed by atoms with Crippen LogP contribution in [0.4, 0.5) is 0 Å². The Bertz CT molecular complexity index is 4880. The lowest BCUT2D eigenvalue weighted by atomic mass is 9.87. The fourth-order valence-corrected chi connectivity index (χ4v) is 10.7. The maximum absolute atomic E-state index is 15.3. The van der Waals surface area contributed by atoms with Gasteiger partial charge in [-0.05, 0) is 36.4 Å². The predicted molar refractivity (Wildman–Crippen MR) is 280 cm³/mol. The van der Waals surface area contributed by atoms with Gasteiger partial charge in [0.2, 0.25) is 46.9 Å². The maximum atomic E-state index is 15.3. The minimum atomic E-state index is -2.86. The molecule has 34 nitrogen and oxygen atoms in total. The van der Waals surface area contributed by atoms with Gasteiger partial charge >= 0.3 is 41.1 Å². The van der Waals surface area contributed by atoms with Crippen molar-refractivity contribution in [2.24, 2.45) is 0 Å². The van der Waals surface area contributed by atoms with Crippen molar-refractivity contribution in [3.8, 4) is 143 Å². The van der Waals surface area contributed by atoms with Gasteiger partial charge in [-0.15, -0.1) is 0 Å². The van der Waals surface area contributed by atoms with Crippen LogP contribution in [0.1, 0.15) is 51.8 Å². The van der Waals surface area contributed by atoms with Crippen molar-refractivity contribution in [3.05, 3.63) is 85.1 Å². The second kappa shape index (κ2) is 19.3. The first-order valence-electron chi connectivity index (χ1n) is 24.7. The van der Waals surface area contributed by atoms with Crippen LogP contribution < -0.4 is 11.3 Å². The molecule has 1 fully saturated rings. The van der Waals surface area contributed by atoms with Crippen LogP contribution in [-0.4, -0.2) is 164 Å². The molecule has 7 aromatic carbocycles. The molecule has 0 amide bonds. The molecule has 19 N–H and O–H groups in total. The average Bonchev–Trinajstić information content (AvgIpc) is 0.840. The van der Waals surface area contributed by atoms with E-state index in [1.165, 1.54) is 0 Å². The Balaban J connectivity index is 1.17. The molecule has 12 rings (SSSR count). The van der Waals surface area contributed by atoms with E-state index in [0.717, 1.165) is 0 Å². The van der Waals surface area contributed by atoms with Crippen LogP contribution in [0.5, 0.6) is 109 Å². The molecule has 456 valence electrons. The smallest absolute Gasteiger partial charge is 0.345 e. The normalized spacial score (nSPS) is 18.2. The standard InChI is InChI=1S/C55H32O34/c56-13-1-8(2-14(57)30(13)62)48(75)89-55-47-46(87-51(78)10-4-16(59)31(63)35(67)20(10)21-11(52(79)88-47)5-17(60)32(64)36(21)68)43-19(83-55)7-82-49(76)9-3-15(58)33(65)37(69)22(9)24-28-26-27-29(54(81)86-44(26)41(73)39(24)71)25(40(72)42(74)45(27)85-53(28)80)23-12(50(77)84-43)6-18(61)34(66)38(23)70/h1-6,19,43,46-47,55-74H,7H2/t19-,43+,46-,47+,55-/m0/s1. The van der Waals surface area contributed by atoms with Crippen LogP contribution in [-0.2, 0) is 28.4 Å². The van der Waals surface area contributed by atoms with E-state index < -0.39 is 282 Å². The molecule has 0 aliphatic carbocycles. The topological polar surface area (TPSA) is 586 Å². The van der Waals surface area contributed by atoms with E-state index in [1.54, 1.807) is 0 Å². The van der Waals surface area contributed by atoms with Gasteiger partial charge in [-0.2, -0.15) is 0 Å². The van der Waals surface area contributed by atoms with Gasteiger partial charge in [-0.3, -0.25) is 0 Å². The van der Waals surface area contributed by atoms with Crippen molar-refractivity contribution in [3.63, 3.8) is 0 Å². The molecule has 6 bridgehead atoms. The second-order valence-electron chi connectivity index (χ2n) is 19.7. The number of cyclic esters (lactones) is 1. The third kappa shape index (κ3) is 7.96. The van der Waals surface area contributed by atoms with E-state index >= 15 is 4.79 Å². The number of ether oxygens (including phenoxy) is 6. The molecule has 2 aromatic heterocycles. The lowest BCUT2D eigenvalue weighted by Crippen LogP contribution is -2.63. The lowest BCUT2D eigenvalue weighted by molar-refractivity contribution is -0.282. The zero-order valence-electron chi connectivity index (χ0n) is 43.2. The number of phenols is 19. The molecular formula is C55H32O34. The molecular weight excluding hydrogens is 1200 g/mol. The summed E-state index contributed by atoms with van der Waals surface area (Å²) in [7, 11) is 0. The van der Waals surface area contributed by atoms with Crippen molar-refractivity contribution in [2.45, 2.75) is 30.7 Å². The number of fused-ring (bicyclic) bond motifs is 10. The van der Waals surface area contributed by atoms with Crippen LogP contribution in [0.2, 0.25) is 0 Å². The van der Waals surface area contributed by atoms with Gasteiger partial charge in [0, 0.05) is 44.2 Å². The Hall–Kier alpha value is -13.0. The van der Waals surface area contributed by atoms with Gasteiger partial charge in [0.05, 0.1) is 38.6 Å². The lowest BCUT2D eigenvalue weighted by Gasteiger charge is -2.44. The summed E-state index contributed by atoms with van der Waals surface area (Å²) >= 11 is 0. The summed E-state index contributed by atoms with van der Waals surface area (Å²) in [4.78, 5) is 103. The largest absolute Gasteiger partial charge is 0.504 e. The number of hydrogen-bond acceptors (Lipinski definition) is 34. The minimum Gasteiger partial charge on any atom is -0.504 e. The van der Waals surface area contributed by atoms with E-state index in [2.05, 4.69) is 0 Å². The van der Waals surface area contributed by atoms with Gasteiger partial charge < -0.3 is 134 Å². The quantitative estimate of drug-likeness (QED) is 0.0389. The van der Waals surface area contributed by atoms with Gasteiger partial charge in [0.15, 0.2) is 98.1 Å². The highest BCUT2D eigenvalue weighted by Crippen LogP contribution is 2.59. The van der Waals surface area contributed by atoms with Crippen molar-refractivity contribution < 1.29 is 158 Å². The fraction of sp³-hybridized carbons (Fsp3) is 0.109. The summed E-state index contributed by atoms with van der Waals surface area (Å²) in [6, 6.07) is 2.10. The highest BCUT2D eigenvalue weighted by atomic mass is 16.7. The first-order valence-corrected chi connectivity index (χ1v) is 24.7. The molecule has 9 aromatic rings. The van der Waals surface area contributed by atoms with Gasteiger partial charge in [0.1, 0.15) is 12.7 Å². The van der Waals surface area contributed by atoms with Crippen LogP contribution in [0, 0.1) is 0 Å². The van der Waals surface area contributed by atoms with Crippen molar-refractivity contribution >= 4 is 62.6 Å². The Morgan fingerprint density at radius 2 is 0.685 bits per heavy atom. The first kappa shape index (κ1) is 56.5. The third-order valence-electron chi connectivity index (χ3n) is 14.7. The summed E-state index contributed by atoms with van der Waals surface area (Å²) in [6.07, 6.45) is -13.9. The van der Waals surface area contributed by atoms with E-state index in [-0.39, 0.29) is 6.07 Å². The van der Waals surface area contributed by atoms with Crippen molar-refractivity contribution in [1.82, 2.24) is 0 Å². The maximum Gasteiger partial charge on any atom is 0.345 e. The number of aromatic hydroxyl groups is 19. The van der Waals surface area contributed by atoms with E-state index in [4.69, 9.17) is 37.3 Å². The van der Waals surface area contributed by atoms with Crippen LogP contribution >= 0.6 is 0 Å². The SMILES string of the molecule is O=C(O[C@@H]1O[C@H]2COC(=O)c3cc(O)c(O)c(O)c3-c3c(O)c(O)c4oc(=O)c5c(c(O)c(O)c6oc(=O)c3c4c65)-c3c(cc(O)c(O)c3O)C(=O)O[C@H]2[C@@H]2OC(=O)c3cc(O)c(O)c(O)c3-c3c(cc(O)c(O)c3O)C(=O)O[C@@H]12)c1cc(O)c(O)c(O)c1. The number of carbonyl (C=O) groups excluding carboxylic acids is 5. The Morgan fingerprint density at radius 1 is 0.360 bits per heavy atom.